The molecule has 0 radical (unpaired) electrons. The lowest BCUT2D eigenvalue weighted by molar-refractivity contribution is -0.141. The Bertz CT molecular complexity index is 249. The first-order chi connectivity index (χ1) is 6.13. The number of carbonyl (C=O) groups excluding carboxylic acids is 3. The van der Waals surface area contributed by atoms with E-state index in [1.54, 1.807) is 0 Å². The summed E-state index contributed by atoms with van der Waals surface area (Å²) < 4.78 is 8.57. The molecule has 1 rings (SSSR count). The van der Waals surface area contributed by atoms with Crippen molar-refractivity contribution in [2.24, 2.45) is 0 Å². The van der Waals surface area contributed by atoms with Crippen molar-refractivity contribution in [3.63, 3.8) is 0 Å². The third-order valence-electron chi connectivity index (χ3n) is 1.63. The molecule has 0 saturated carbocycles. The van der Waals surface area contributed by atoms with Crippen LogP contribution in [0.5, 0.6) is 0 Å². The van der Waals surface area contributed by atoms with Gasteiger partial charge in [0.2, 0.25) is 0 Å². The third-order valence-corrected chi connectivity index (χ3v) is 1.63. The van der Waals surface area contributed by atoms with E-state index in [0.717, 1.165) is 0 Å². The summed E-state index contributed by atoms with van der Waals surface area (Å²) in [5.74, 6) is -1.07. The number of cyclic esters (lactones) is 2. The summed E-state index contributed by atoms with van der Waals surface area (Å²) in [6.45, 7) is 0. The lowest BCUT2D eigenvalue weighted by Crippen LogP contribution is -2.29. The maximum atomic E-state index is 10.8. The minimum atomic E-state index is -0.764. The first kappa shape index (κ1) is 9.50. The second-order valence-corrected chi connectivity index (χ2v) is 2.52. The average molecular weight is 187 g/mol. The number of hydrogen-bond donors (Lipinski definition) is 1. The van der Waals surface area contributed by atoms with Crippen LogP contribution in [-0.2, 0) is 19.1 Å². The molecule has 0 aromatic heterocycles. The number of amides is 1. The Kier molecular flexibility index (Phi) is 2.84. The van der Waals surface area contributed by atoms with E-state index in [4.69, 9.17) is 0 Å². The van der Waals surface area contributed by atoms with Crippen LogP contribution in [0, 0.1) is 0 Å². The van der Waals surface area contributed by atoms with Crippen molar-refractivity contribution < 1.29 is 23.9 Å². The van der Waals surface area contributed by atoms with E-state index in [1.165, 1.54) is 7.11 Å². The van der Waals surface area contributed by atoms with E-state index in [9.17, 15) is 14.4 Å². The molecule has 1 amide bonds. The highest BCUT2D eigenvalue weighted by atomic mass is 16.6. The molecule has 1 heterocycles. The third kappa shape index (κ3) is 2.43. The van der Waals surface area contributed by atoms with Crippen molar-refractivity contribution >= 4 is 18.0 Å². The predicted molar refractivity (Wildman–Crippen MR) is 39.7 cm³/mol. The fourth-order valence-corrected chi connectivity index (χ4v) is 0.947. The van der Waals surface area contributed by atoms with Crippen LogP contribution in [0.25, 0.3) is 0 Å². The van der Waals surface area contributed by atoms with Gasteiger partial charge in [0.1, 0.15) is 6.04 Å². The SMILES string of the molecule is COC(=O)CC[C@H]1NC(=O)OC1=O. The standard InChI is InChI=1S/C7H9NO5/c1-12-5(9)3-2-4-6(10)13-7(11)8-4/h4H,2-3H2,1H3,(H,8,11)/t4-/m1/s1. The minimum absolute atomic E-state index is 0.0799. The number of rotatable bonds is 3. The van der Waals surface area contributed by atoms with Gasteiger partial charge in [0.05, 0.1) is 7.11 Å². The fraction of sp³-hybridized carbons (Fsp3) is 0.571. The van der Waals surface area contributed by atoms with Crippen LogP contribution in [0.3, 0.4) is 0 Å². The van der Waals surface area contributed by atoms with Crippen LogP contribution in [0.2, 0.25) is 0 Å². The van der Waals surface area contributed by atoms with Crippen LogP contribution in [0.15, 0.2) is 0 Å². The van der Waals surface area contributed by atoms with Crippen LogP contribution >= 0.6 is 0 Å². The number of hydrogen-bond acceptors (Lipinski definition) is 5. The van der Waals surface area contributed by atoms with Gasteiger partial charge in [0.15, 0.2) is 0 Å². The van der Waals surface area contributed by atoms with E-state index in [2.05, 4.69) is 14.8 Å². The molecule has 0 spiro atoms. The second-order valence-electron chi connectivity index (χ2n) is 2.52. The number of alkyl carbamates (subject to hydrolysis) is 1. The quantitative estimate of drug-likeness (QED) is 0.479. The van der Waals surface area contributed by atoms with Gasteiger partial charge in [-0.3, -0.25) is 4.79 Å². The first-order valence-electron chi connectivity index (χ1n) is 3.72. The van der Waals surface area contributed by atoms with Gasteiger partial charge < -0.3 is 14.8 Å². The number of methoxy groups -OCH3 is 1. The van der Waals surface area contributed by atoms with Gasteiger partial charge in [0.25, 0.3) is 0 Å². The van der Waals surface area contributed by atoms with E-state index in [-0.39, 0.29) is 12.8 Å². The lowest BCUT2D eigenvalue weighted by atomic mass is 10.2. The lowest BCUT2D eigenvalue weighted by Gasteiger charge is -2.02. The zero-order valence-electron chi connectivity index (χ0n) is 7.03. The van der Waals surface area contributed by atoms with Gasteiger partial charge in [-0.2, -0.15) is 0 Å². The molecular weight excluding hydrogens is 178 g/mol. The molecule has 1 saturated heterocycles. The molecule has 13 heavy (non-hydrogen) atoms. The predicted octanol–water partition coefficient (Wildman–Crippen LogP) is -0.425. The Morgan fingerprint density at radius 3 is 2.77 bits per heavy atom. The molecule has 0 aromatic rings. The van der Waals surface area contributed by atoms with Crippen molar-refractivity contribution in [2.45, 2.75) is 18.9 Å². The smallest absolute Gasteiger partial charge is 0.415 e. The summed E-state index contributed by atoms with van der Waals surface area (Å²) in [5.41, 5.74) is 0. The highest BCUT2D eigenvalue weighted by Gasteiger charge is 2.32. The monoisotopic (exact) mass is 187 g/mol. The molecule has 1 N–H and O–H groups in total. The van der Waals surface area contributed by atoms with Crippen LogP contribution in [-0.4, -0.2) is 31.2 Å². The molecule has 72 valence electrons. The molecule has 6 nitrogen and oxygen atoms in total. The highest BCUT2D eigenvalue weighted by Crippen LogP contribution is 2.07. The topological polar surface area (TPSA) is 81.7 Å². The molecule has 0 bridgehead atoms. The number of ether oxygens (including phenoxy) is 2. The van der Waals surface area contributed by atoms with Crippen molar-refractivity contribution in [2.75, 3.05) is 7.11 Å². The normalized spacial score (nSPS) is 20.8. The van der Waals surface area contributed by atoms with Crippen LogP contribution < -0.4 is 5.32 Å². The van der Waals surface area contributed by atoms with Crippen molar-refractivity contribution in [3.05, 3.63) is 0 Å². The van der Waals surface area contributed by atoms with Gasteiger partial charge in [-0.1, -0.05) is 0 Å². The number of carbonyl (C=O) groups is 3. The van der Waals surface area contributed by atoms with Gasteiger partial charge in [-0.15, -0.1) is 0 Å². The number of esters is 2. The van der Waals surface area contributed by atoms with Gasteiger partial charge in [-0.05, 0) is 6.42 Å². The van der Waals surface area contributed by atoms with Crippen molar-refractivity contribution in [1.29, 1.82) is 0 Å². The Hall–Kier alpha value is -1.59. The van der Waals surface area contributed by atoms with E-state index >= 15 is 0 Å². The first-order valence-corrected chi connectivity index (χ1v) is 3.72. The average Bonchev–Trinajstić information content (AvgIpc) is 2.41. The highest BCUT2D eigenvalue weighted by molar-refractivity contribution is 5.95. The maximum absolute atomic E-state index is 10.8. The minimum Gasteiger partial charge on any atom is -0.469 e. The zero-order chi connectivity index (χ0) is 9.84. The van der Waals surface area contributed by atoms with Crippen molar-refractivity contribution in [3.8, 4) is 0 Å². The van der Waals surface area contributed by atoms with Gasteiger partial charge in [-0.25, -0.2) is 9.59 Å². The molecule has 1 fully saturated rings. The van der Waals surface area contributed by atoms with Gasteiger partial charge >= 0.3 is 18.0 Å². The molecule has 1 atom stereocenters. The van der Waals surface area contributed by atoms with Crippen molar-refractivity contribution in [1.82, 2.24) is 5.32 Å². The molecule has 0 aliphatic carbocycles. The Morgan fingerprint density at radius 1 is 1.62 bits per heavy atom. The van der Waals surface area contributed by atoms with E-state index < -0.39 is 24.1 Å². The van der Waals surface area contributed by atoms with E-state index in [1.807, 2.05) is 0 Å². The van der Waals surface area contributed by atoms with Crippen LogP contribution in [0.1, 0.15) is 12.8 Å². The maximum Gasteiger partial charge on any atom is 0.415 e. The molecule has 0 unspecified atom stereocenters. The Morgan fingerprint density at radius 2 is 2.31 bits per heavy atom. The largest absolute Gasteiger partial charge is 0.469 e. The molecule has 1 aliphatic heterocycles. The summed E-state index contributed by atoms with van der Waals surface area (Å²) in [6, 6.07) is -0.716. The Balaban J connectivity index is 2.33. The van der Waals surface area contributed by atoms with Crippen LogP contribution in [0.4, 0.5) is 4.79 Å². The summed E-state index contributed by atoms with van der Waals surface area (Å²) in [5, 5.41) is 2.26. The molecule has 1 aliphatic rings. The summed E-state index contributed by atoms with van der Waals surface area (Å²) in [4.78, 5) is 32.0. The van der Waals surface area contributed by atoms with E-state index in [0.29, 0.717) is 0 Å². The summed E-state index contributed by atoms with van der Waals surface area (Å²) in [6.07, 6.45) is -0.479. The number of nitrogens with one attached hydrogen (secondary N) is 1. The fourth-order valence-electron chi connectivity index (χ4n) is 0.947. The second kappa shape index (κ2) is 3.88. The molecule has 6 heteroatoms. The Labute approximate surface area is 74.2 Å². The zero-order valence-corrected chi connectivity index (χ0v) is 7.03. The molecule has 0 aromatic carbocycles. The summed E-state index contributed by atoms with van der Waals surface area (Å²) in [7, 11) is 1.26. The van der Waals surface area contributed by atoms with Gasteiger partial charge in [0, 0.05) is 6.42 Å². The summed E-state index contributed by atoms with van der Waals surface area (Å²) >= 11 is 0. The molecular formula is C7H9NO5.